The zero-order valence-corrected chi connectivity index (χ0v) is 12.2. The lowest BCUT2D eigenvalue weighted by atomic mass is 10.1. The molecule has 0 unspecified atom stereocenters. The summed E-state index contributed by atoms with van der Waals surface area (Å²) in [6.07, 6.45) is 1.87. The van der Waals surface area contributed by atoms with Crippen molar-refractivity contribution in [2.45, 2.75) is 6.92 Å². The molecule has 2 heterocycles. The number of carbonyl (C=O) groups excluding carboxylic acids is 1. The van der Waals surface area contributed by atoms with E-state index in [0.717, 1.165) is 21.0 Å². The maximum Gasteiger partial charge on any atom is 0.254 e. The molecular weight excluding hydrogens is 272 g/mol. The molecule has 0 aliphatic carbocycles. The number of morpholine rings is 1. The van der Waals surface area contributed by atoms with Crippen LogP contribution in [0.5, 0.6) is 0 Å². The smallest absolute Gasteiger partial charge is 0.254 e. The van der Waals surface area contributed by atoms with Crippen LogP contribution >= 0.6 is 11.3 Å². The third-order valence-electron chi connectivity index (χ3n) is 3.34. The Labute approximate surface area is 122 Å². The first-order valence-electron chi connectivity index (χ1n) is 6.64. The van der Waals surface area contributed by atoms with Crippen molar-refractivity contribution in [2.24, 2.45) is 0 Å². The Balaban J connectivity index is 1.77. The van der Waals surface area contributed by atoms with E-state index in [4.69, 9.17) is 4.74 Å². The number of ether oxygens (including phenoxy) is 1. The van der Waals surface area contributed by atoms with Gasteiger partial charge >= 0.3 is 0 Å². The van der Waals surface area contributed by atoms with Crippen LogP contribution in [0.3, 0.4) is 0 Å². The molecule has 1 aliphatic rings. The normalized spacial score (nSPS) is 15.3. The van der Waals surface area contributed by atoms with E-state index in [2.05, 4.69) is 4.98 Å². The van der Waals surface area contributed by atoms with E-state index in [1.807, 2.05) is 42.3 Å². The Morgan fingerprint density at radius 3 is 2.55 bits per heavy atom. The van der Waals surface area contributed by atoms with E-state index in [1.54, 1.807) is 11.3 Å². The van der Waals surface area contributed by atoms with Gasteiger partial charge in [-0.1, -0.05) is 12.1 Å². The zero-order chi connectivity index (χ0) is 13.9. The number of amides is 1. The van der Waals surface area contributed by atoms with Crippen molar-refractivity contribution in [3.05, 3.63) is 41.0 Å². The van der Waals surface area contributed by atoms with E-state index in [-0.39, 0.29) is 5.91 Å². The molecule has 4 nitrogen and oxygen atoms in total. The quantitative estimate of drug-likeness (QED) is 0.853. The summed E-state index contributed by atoms with van der Waals surface area (Å²) < 4.78 is 5.27. The van der Waals surface area contributed by atoms with Gasteiger partial charge < -0.3 is 9.64 Å². The summed E-state index contributed by atoms with van der Waals surface area (Å²) >= 11 is 1.66. The summed E-state index contributed by atoms with van der Waals surface area (Å²) in [5.74, 6) is 0.0836. The number of hydrogen-bond acceptors (Lipinski definition) is 4. The fourth-order valence-corrected chi connectivity index (χ4v) is 3.00. The number of aromatic nitrogens is 1. The van der Waals surface area contributed by atoms with Gasteiger partial charge in [0.15, 0.2) is 0 Å². The molecule has 0 N–H and O–H groups in total. The van der Waals surface area contributed by atoms with Gasteiger partial charge in [0, 0.05) is 24.8 Å². The van der Waals surface area contributed by atoms with E-state index in [0.29, 0.717) is 26.3 Å². The molecule has 3 rings (SSSR count). The SMILES string of the molecule is Cc1ncc(-c2ccc(C(=O)N3CCOCC3)cc2)s1. The predicted octanol–water partition coefficient (Wildman–Crippen LogP) is 2.59. The topological polar surface area (TPSA) is 42.4 Å². The van der Waals surface area contributed by atoms with Crippen molar-refractivity contribution in [2.75, 3.05) is 26.3 Å². The molecule has 5 heteroatoms. The van der Waals surface area contributed by atoms with E-state index in [1.165, 1.54) is 0 Å². The molecule has 0 atom stereocenters. The molecule has 1 aromatic carbocycles. The minimum atomic E-state index is 0.0836. The molecule has 1 aromatic heterocycles. The fraction of sp³-hybridized carbons (Fsp3) is 0.333. The molecule has 2 aromatic rings. The maximum atomic E-state index is 12.3. The Kier molecular flexibility index (Phi) is 3.80. The van der Waals surface area contributed by atoms with Crippen molar-refractivity contribution < 1.29 is 9.53 Å². The molecule has 0 saturated carbocycles. The van der Waals surface area contributed by atoms with Crippen LogP contribution in [0, 0.1) is 6.92 Å². The predicted molar refractivity (Wildman–Crippen MR) is 79.0 cm³/mol. The van der Waals surface area contributed by atoms with Crippen molar-refractivity contribution in [3.63, 3.8) is 0 Å². The number of thiazole rings is 1. The number of aryl methyl sites for hydroxylation is 1. The van der Waals surface area contributed by atoms with Crippen LogP contribution in [-0.4, -0.2) is 42.1 Å². The van der Waals surface area contributed by atoms with Crippen molar-refractivity contribution in [3.8, 4) is 10.4 Å². The largest absolute Gasteiger partial charge is 0.378 e. The second-order valence-electron chi connectivity index (χ2n) is 4.73. The summed E-state index contributed by atoms with van der Waals surface area (Å²) in [4.78, 5) is 19.5. The van der Waals surface area contributed by atoms with Gasteiger partial charge in [-0.05, 0) is 24.6 Å². The lowest BCUT2D eigenvalue weighted by Crippen LogP contribution is -2.40. The van der Waals surface area contributed by atoms with Gasteiger partial charge in [-0.25, -0.2) is 4.98 Å². The van der Waals surface area contributed by atoms with Crippen LogP contribution in [0.2, 0.25) is 0 Å². The Morgan fingerprint density at radius 1 is 1.25 bits per heavy atom. The van der Waals surface area contributed by atoms with Crippen LogP contribution in [0.25, 0.3) is 10.4 Å². The average Bonchev–Trinajstić information content (AvgIpc) is 2.94. The zero-order valence-electron chi connectivity index (χ0n) is 11.3. The highest BCUT2D eigenvalue weighted by molar-refractivity contribution is 7.15. The lowest BCUT2D eigenvalue weighted by Gasteiger charge is -2.26. The van der Waals surface area contributed by atoms with E-state index < -0.39 is 0 Å². The van der Waals surface area contributed by atoms with Gasteiger partial charge in [0.05, 0.1) is 23.1 Å². The second-order valence-corrected chi connectivity index (χ2v) is 5.96. The van der Waals surface area contributed by atoms with Gasteiger partial charge in [-0.15, -0.1) is 11.3 Å². The third kappa shape index (κ3) is 2.73. The highest BCUT2D eigenvalue weighted by Gasteiger charge is 2.18. The van der Waals surface area contributed by atoms with Crippen molar-refractivity contribution in [1.82, 2.24) is 9.88 Å². The van der Waals surface area contributed by atoms with Gasteiger partial charge in [-0.3, -0.25) is 4.79 Å². The number of rotatable bonds is 2. The Hall–Kier alpha value is -1.72. The lowest BCUT2D eigenvalue weighted by molar-refractivity contribution is 0.0303. The molecule has 20 heavy (non-hydrogen) atoms. The molecular formula is C15H16N2O2S. The van der Waals surface area contributed by atoms with Gasteiger partial charge in [0.25, 0.3) is 5.91 Å². The molecule has 1 saturated heterocycles. The first-order chi connectivity index (χ1) is 9.74. The van der Waals surface area contributed by atoms with Crippen LogP contribution < -0.4 is 0 Å². The van der Waals surface area contributed by atoms with Crippen LogP contribution in [0.1, 0.15) is 15.4 Å². The maximum absolute atomic E-state index is 12.3. The van der Waals surface area contributed by atoms with Gasteiger partial charge in [0.1, 0.15) is 0 Å². The Morgan fingerprint density at radius 2 is 1.95 bits per heavy atom. The van der Waals surface area contributed by atoms with Gasteiger partial charge in [-0.2, -0.15) is 0 Å². The number of carbonyl (C=O) groups is 1. The van der Waals surface area contributed by atoms with E-state index in [9.17, 15) is 4.79 Å². The number of benzene rings is 1. The monoisotopic (exact) mass is 288 g/mol. The summed E-state index contributed by atoms with van der Waals surface area (Å²) in [5.41, 5.74) is 1.84. The summed E-state index contributed by atoms with van der Waals surface area (Å²) in [6.45, 7) is 4.60. The standard InChI is InChI=1S/C15H16N2O2S/c1-11-16-10-14(20-11)12-2-4-13(5-3-12)15(18)17-6-8-19-9-7-17/h2-5,10H,6-9H2,1H3. The molecule has 104 valence electrons. The molecule has 0 spiro atoms. The molecule has 0 bridgehead atoms. The highest BCUT2D eigenvalue weighted by atomic mass is 32.1. The average molecular weight is 288 g/mol. The number of nitrogens with zero attached hydrogens (tertiary/aromatic N) is 2. The molecule has 0 radical (unpaired) electrons. The molecule has 1 amide bonds. The van der Waals surface area contributed by atoms with Crippen molar-refractivity contribution >= 4 is 17.2 Å². The van der Waals surface area contributed by atoms with E-state index >= 15 is 0 Å². The van der Waals surface area contributed by atoms with Crippen LogP contribution in [-0.2, 0) is 4.74 Å². The fourth-order valence-electron chi connectivity index (χ4n) is 2.22. The van der Waals surface area contributed by atoms with Crippen molar-refractivity contribution in [1.29, 1.82) is 0 Å². The number of hydrogen-bond donors (Lipinski definition) is 0. The summed E-state index contributed by atoms with van der Waals surface area (Å²) in [5, 5.41) is 1.05. The van der Waals surface area contributed by atoms with Gasteiger partial charge in [0.2, 0.25) is 0 Å². The minimum Gasteiger partial charge on any atom is -0.378 e. The highest BCUT2D eigenvalue weighted by Crippen LogP contribution is 2.26. The third-order valence-corrected chi connectivity index (χ3v) is 4.30. The minimum absolute atomic E-state index is 0.0836. The molecule has 1 fully saturated rings. The van der Waals surface area contributed by atoms with Crippen LogP contribution in [0.4, 0.5) is 0 Å². The molecule has 1 aliphatic heterocycles. The summed E-state index contributed by atoms with van der Waals surface area (Å²) in [6, 6.07) is 7.76. The summed E-state index contributed by atoms with van der Waals surface area (Å²) in [7, 11) is 0. The second kappa shape index (κ2) is 5.73. The van der Waals surface area contributed by atoms with Crippen LogP contribution in [0.15, 0.2) is 30.5 Å². The first-order valence-corrected chi connectivity index (χ1v) is 7.45. The Bertz CT molecular complexity index is 601. The first kappa shape index (κ1) is 13.3.